The second-order valence-electron chi connectivity index (χ2n) is 6.41. The standard InChI is InChI=1S/C23H17N3O2/c1-15-9-8-14-18-19(15)24-23(28)21(18)26-25-20(16-10-4-2-5-11-16)22(27)17-12-6-3-7-13-17/h2-14H,1H3,(H,24,26,28)/b25-20+. The van der Waals surface area contributed by atoms with E-state index in [0.717, 1.165) is 11.3 Å². The highest BCUT2D eigenvalue weighted by atomic mass is 16.2. The predicted octanol–water partition coefficient (Wildman–Crippen LogP) is 4.02. The number of nitrogens with zero attached hydrogens (tertiary/aromatic N) is 2. The summed E-state index contributed by atoms with van der Waals surface area (Å²) in [7, 11) is 0. The highest BCUT2D eigenvalue weighted by Gasteiger charge is 2.27. The monoisotopic (exact) mass is 367 g/mol. The van der Waals surface area contributed by atoms with Gasteiger partial charge < -0.3 is 5.32 Å². The molecule has 4 rings (SSSR count). The van der Waals surface area contributed by atoms with E-state index in [1.165, 1.54) is 0 Å². The molecule has 0 fully saturated rings. The van der Waals surface area contributed by atoms with Crippen LogP contribution in [0, 0.1) is 6.92 Å². The van der Waals surface area contributed by atoms with E-state index in [4.69, 9.17) is 0 Å². The molecular formula is C23H17N3O2. The molecule has 0 radical (unpaired) electrons. The molecule has 5 heteroatoms. The Hall–Kier alpha value is -3.86. The number of para-hydroxylation sites is 1. The number of Topliss-reactive ketones (excluding diaryl/α,β-unsaturated/α-hetero) is 1. The van der Waals surface area contributed by atoms with E-state index in [-0.39, 0.29) is 23.1 Å². The number of ketones is 1. The Labute approximate surface area is 162 Å². The fraction of sp³-hybridized carbons (Fsp3) is 0.0435. The maximum Gasteiger partial charge on any atom is 0.276 e. The molecule has 3 aromatic carbocycles. The predicted molar refractivity (Wildman–Crippen MR) is 110 cm³/mol. The molecule has 3 aromatic rings. The first-order valence-corrected chi connectivity index (χ1v) is 8.87. The number of aryl methyl sites for hydroxylation is 1. The quantitative estimate of drug-likeness (QED) is 0.430. The SMILES string of the molecule is Cc1cccc2c1NC(=O)/C2=N/N=C(/C(=O)c1ccccc1)c1ccccc1. The van der Waals surface area contributed by atoms with Gasteiger partial charge in [0.25, 0.3) is 5.91 Å². The summed E-state index contributed by atoms with van der Waals surface area (Å²) >= 11 is 0. The van der Waals surface area contributed by atoms with Crippen LogP contribution in [-0.4, -0.2) is 23.1 Å². The van der Waals surface area contributed by atoms with Gasteiger partial charge >= 0.3 is 0 Å². The van der Waals surface area contributed by atoms with Gasteiger partial charge in [-0.1, -0.05) is 78.9 Å². The summed E-state index contributed by atoms with van der Waals surface area (Å²) in [6, 6.07) is 23.6. The maximum absolute atomic E-state index is 13.0. The maximum atomic E-state index is 13.0. The van der Waals surface area contributed by atoms with Crippen LogP contribution in [-0.2, 0) is 4.79 Å². The van der Waals surface area contributed by atoms with Crippen molar-refractivity contribution in [3.8, 4) is 0 Å². The minimum absolute atomic E-state index is 0.188. The van der Waals surface area contributed by atoms with Gasteiger partial charge in [-0.3, -0.25) is 9.59 Å². The van der Waals surface area contributed by atoms with Crippen LogP contribution in [0.25, 0.3) is 0 Å². The van der Waals surface area contributed by atoms with Gasteiger partial charge in [0.2, 0.25) is 5.78 Å². The molecule has 0 saturated carbocycles. The van der Waals surface area contributed by atoms with Crippen LogP contribution < -0.4 is 5.32 Å². The molecule has 1 amide bonds. The Balaban J connectivity index is 1.81. The summed E-state index contributed by atoms with van der Waals surface area (Å²) in [5.41, 5.74) is 3.91. The van der Waals surface area contributed by atoms with Crippen molar-refractivity contribution in [2.45, 2.75) is 6.92 Å². The van der Waals surface area contributed by atoms with Crippen LogP contribution in [0.1, 0.15) is 27.0 Å². The normalized spacial score (nSPS) is 14.7. The second kappa shape index (κ2) is 7.40. The van der Waals surface area contributed by atoms with Gasteiger partial charge in [-0.15, -0.1) is 10.2 Å². The van der Waals surface area contributed by atoms with Crippen molar-refractivity contribution in [3.05, 3.63) is 101 Å². The number of fused-ring (bicyclic) bond motifs is 1. The van der Waals surface area contributed by atoms with Crippen molar-refractivity contribution in [3.63, 3.8) is 0 Å². The smallest absolute Gasteiger partial charge is 0.276 e. The van der Waals surface area contributed by atoms with E-state index in [1.54, 1.807) is 36.4 Å². The summed E-state index contributed by atoms with van der Waals surface area (Å²) in [5, 5.41) is 11.2. The zero-order valence-electron chi connectivity index (χ0n) is 15.2. The number of nitrogens with one attached hydrogen (secondary N) is 1. The molecule has 0 spiro atoms. The lowest BCUT2D eigenvalue weighted by Gasteiger charge is -2.05. The Bertz CT molecular complexity index is 1120. The average Bonchev–Trinajstić information content (AvgIpc) is 3.06. The van der Waals surface area contributed by atoms with E-state index in [2.05, 4.69) is 15.5 Å². The summed E-state index contributed by atoms with van der Waals surface area (Å²) in [5.74, 6) is -0.577. The molecule has 0 atom stereocenters. The number of carbonyl (C=O) groups is 2. The average molecular weight is 367 g/mol. The Morgan fingerprint density at radius 1 is 0.821 bits per heavy atom. The van der Waals surface area contributed by atoms with Crippen LogP contribution in [0.15, 0.2) is 89.1 Å². The van der Waals surface area contributed by atoms with E-state index in [1.807, 2.05) is 49.4 Å². The Morgan fingerprint density at radius 2 is 1.46 bits per heavy atom. The summed E-state index contributed by atoms with van der Waals surface area (Å²) in [6.07, 6.45) is 0. The van der Waals surface area contributed by atoms with Crippen molar-refractivity contribution >= 4 is 28.8 Å². The molecular weight excluding hydrogens is 350 g/mol. The molecule has 28 heavy (non-hydrogen) atoms. The molecule has 5 nitrogen and oxygen atoms in total. The number of hydrogen-bond acceptors (Lipinski definition) is 4. The third-order valence-electron chi connectivity index (χ3n) is 4.53. The van der Waals surface area contributed by atoms with Gasteiger partial charge in [0.15, 0.2) is 5.71 Å². The van der Waals surface area contributed by atoms with Crippen LogP contribution in [0.3, 0.4) is 0 Å². The van der Waals surface area contributed by atoms with Gasteiger partial charge in [-0.05, 0) is 12.5 Å². The first-order valence-electron chi connectivity index (χ1n) is 8.87. The van der Waals surface area contributed by atoms with Crippen molar-refractivity contribution in [1.82, 2.24) is 0 Å². The van der Waals surface area contributed by atoms with E-state index in [9.17, 15) is 9.59 Å². The molecule has 1 N–H and O–H groups in total. The van der Waals surface area contributed by atoms with Crippen LogP contribution >= 0.6 is 0 Å². The van der Waals surface area contributed by atoms with Crippen LogP contribution in [0.2, 0.25) is 0 Å². The first kappa shape index (κ1) is 17.5. The molecule has 1 aliphatic heterocycles. The van der Waals surface area contributed by atoms with Gasteiger partial charge in [0.05, 0.1) is 5.69 Å². The number of hydrogen-bond donors (Lipinski definition) is 1. The van der Waals surface area contributed by atoms with Gasteiger partial charge in [-0.2, -0.15) is 0 Å². The number of amides is 1. The summed E-state index contributed by atoms with van der Waals surface area (Å²) in [4.78, 5) is 25.4. The van der Waals surface area contributed by atoms with Crippen molar-refractivity contribution in [2.75, 3.05) is 5.32 Å². The minimum atomic E-state index is -0.326. The van der Waals surface area contributed by atoms with Gasteiger partial charge in [-0.25, -0.2) is 0 Å². The van der Waals surface area contributed by atoms with Crippen molar-refractivity contribution in [2.24, 2.45) is 10.2 Å². The molecule has 1 heterocycles. The third kappa shape index (κ3) is 3.25. The van der Waals surface area contributed by atoms with Crippen molar-refractivity contribution < 1.29 is 9.59 Å². The number of carbonyl (C=O) groups excluding carboxylic acids is 2. The largest absolute Gasteiger partial charge is 0.320 e. The fourth-order valence-electron chi connectivity index (χ4n) is 3.08. The lowest BCUT2D eigenvalue weighted by Crippen LogP contribution is -2.17. The zero-order valence-corrected chi connectivity index (χ0v) is 15.2. The van der Waals surface area contributed by atoms with Gasteiger partial charge in [0, 0.05) is 16.7 Å². The molecule has 0 saturated heterocycles. The molecule has 0 aromatic heterocycles. The minimum Gasteiger partial charge on any atom is -0.320 e. The Kier molecular flexibility index (Phi) is 4.64. The summed E-state index contributed by atoms with van der Waals surface area (Å²) in [6.45, 7) is 1.92. The third-order valence-corrected chi connectivity index (χ3v) is 4.53. The van der Waals surface area contributed by atoms with Crippen LogP contribution in [0.5, 0.6) is 0 Å². The molecule has 0 aliphatic carbocycles. The van der Waals surface area contributed by atoms with E-state index >= 15 is 0 Å². The number of anilines is 1. The number of benzene rings is 3. The topological polar surface area (TPSA) is 70.9 Å². The summed E-state index contributed by atoms with van der Waals surface area (Å²) < 4.78 is 0. The molecule has 0 unspecified atom stereocenters. The molecule has 0 bridgehead atoms. The van der Waals surface area contributed by atoms with Crippen molar-refractivity contribution in [1.29, 1.82) is 0 Å². The first-order chi connectivity index (χ1) is 13.6. The fourth-order valence-corrected chi connectivity index (χ4v) is 3.08. The highest BCUT2D eigenvalue weighted by Crippen LogP contribution is 2.27. The van der Waals surface area contributed by atoms with E-state index in [0.29, 0.717) is 16.7 Å². The lowest BCUT2D eigenvalue weighted by atomic mass is 10.0. The Morgan fingerprint density at radius 3 is 2.14 bits per heavy atom. The second-order valence-corrected chi connectivity index (χ2v) is 6.41. The highest BCUT2D eigenvalue weighted by molar-refractivity contribution is 6.54. The zero-order chi connectivity index (χ0) is 19.5. The molecule has 1 aliphatic rings. The van der Waals surface area contributed by atoms with Gasteiger partial charge in [0.1, 0.15) is 5.71 Å². The lowest BCUT2D eigenvalue weighted by molar-refractivity contribution is -0.110. The number of rotatable bonds is 4. The van der Waals surface area contributed by atoms with E-state index < -0.39 is 0 Å². The van der Waals surface area contributed by atoms with Crippen LogP contribution in [0.4, 0.5) is 5.69 Å². The molecule has 136 valence electrons.